The summed E-state index contributed by atoms with van der Waals surface area (Å²) in [4.78, 5) is 16.6. The summed E-state index contributed by atoms with van der Waals surface area (Å²) >= 11 is 5.23. The van der Waals surface area contributed by atoms with Gasteiger partial charge in [0.25, 0.3) is 0 Å². The molecule has 0 fully saturated rings. The molecule has 0 aliphatic rings. The van der Waals surface area contributed by atoms with Crippen LogP contribution in [0.4, 0.5) is 5.69 Å². The summed E-state index contributed by atoms with van der Waals surface area (Å²) in [5.41, 5.74) is 5.30. The van der Waals surface area contributed by atoms with Crippen LogP contribution in [0.2, 0.25) is 0 Å². The first-order chi connectivity index (χ1) is 14.5. The largest absolute Gasteiger partial charge is 0.465 e. The third-order valence-corrected chi connectivity index (χ3v) is 4.57. The maximum atomic E-state index is 12.0. The van der Waals surface area contributed by atoms with Crippen molar-refractivity contribution < 1.29 is 13.6 Å². The van der Waals surface area contributed by atoms with Gasteiger partial charge in [-0.1, -0.05) is 12.1 Å². The summed E-state index contributed by atoms with van der Waals surface area (Å²) in [6, 6.07) is 15.0. The highest BCUT2D eigenvalue weighted by atomic mass is 32.1. The van der Waals surface area contributed by atoms with Crippen molar-refractivity contribution in [3.8, 4) is 11.5 Å². The van der Waals surface area contributed by atoms with Gasteiger partial charge in [0.2, 0.25) is 11.8 Å². The zero-order valence-corrected chi connectivity index (χ0v) is 17.2. The minimum atomic E-state index is -0.357. The van der Waals surface area contributed by atoms with Gasteiger partial charge in [-0.25, -0.2) is 4.98 Å². The monoisotopic (exact) mass is 417 g/mol. The lowest BCUT2D eigenvalue weighted by atomic mass is 10.1. The van der Waals surface area contributed by atoms with Gasteiger partial charge in [0.15, 0.2) is 10.7 Å². The number of carbonyl (C=O) groups is 1. The summed E-state index contributed by atoms with van der Waals surface area (Å²) in [6.07, 6.45) is 4.46. The molecule has 0 spiro atoms. The molecule has 0 aliphatic heterocycles. The van der Waals surface area contributed by atoms with Gasteiger partial charge in [-0.15, -0.1) is 0 Å². The number of anilines is 1. The Labute approximate surface area is 178 Å². The second-order valence-electron chi connectivity index (χ2n) is 6.82. The van der Waals surface area contributed by atoms with Crippen LogP contribution in [0.25, 0.3) is 28.6 Å². The Balaban J connectivity index is 1.46. The molecule has 7 heteroatoms. The van der Waals surface area contributed by atoms with Crippen LogP contribution >= 0.6 is 12.2 Å². The fraction of sp³-hybridized carbons (Fsp3) is 0.0870. The third-order valence-electron chi connectivity index (χ3n) is 4.37. The molecule has 150 valence electrons. The number of nitrogens with one attached hydrogen (secondary N) is 2. The number of fused-ring (bicyclic) bond motifs is 1. The SMILES string of the molecule is Cc1cc(C)c2oc(-c3cccc(NC(=S)NC(=O)/C=C/c4ccco4)c3)nc2c1. The van der Waals surface area contributed by atoms with Crippen LogP contribution in [0.1, 0.15) is 16.9 Å². The number of amides is 1. The summed E-state index contributed by atoms with van der Waals surface area (Å²) in [6.45, 7) is 4.04. The number of furan rings is 1. The van der Waals surface area contributed by atoms with Crippen LogP contribution < -0.4 is 10.6 Å². The van der Waals surface area contributed by atoms with E-state index in [1.54, 1.807) is 18.2 Å². The molecule has 0 unspecified atom stereocenters. The van der Waals surface area contributed by atoms with Crippen molar-refractivity contribution in [2.24, 2.45) is 0 Å². The number of hydrogen-bond donors (Lipinski definition) is 2. The van der Waals surface area contributed by atoms with E-state index in [0.29, 0.717) is 17.3 Å². The number of oxazole rings is 1. The molecule has 2 heterocycles. The molecule has 0 bridgehead atoms. The van der Waals surface area contributed by atoms with E-state index >= 15 is 0 Å². The number of benzene rings is 2. The van der Waals surface area contributed by atoms with Crippen molar-refractivity contribution >= 4 is 46.1 Å². The van der Waals surface area contributed by atoms with Gasteiger partial charge in [0.05, 0.1) is 6.26 Å². The number of carbonyl (C=O) groups excluding carboxylic acids is 1. The minimum Gasteiger partial charge on any atom is -0.465 e. The van der Waals surface area contributed by atoms with Gasteiger partial charge in [0, 0.05) is 17.3 Å². The lowest BCUT2D eigenvalue weighted by Crippen LogP contribution is -2.32. The lowest BCUT2D eigenvalue weighted by Gasteiger charge is -2.08. The predicted molar refractivity (Wildman–Crippen MR) is 121 cm³/mol. The molecular weight excluding hydrogens is 398 g/mol. The van der Waals surface area contributed by atoms with E-state index in [4.69, 9.17) is 21.1 Å². The van der Waals surface area contributed by atoms with Crippen LogP contribution in [0.5, 0.6) is 0 Å². The summed E-state index contributed by atoms with van der Waals surface area (Å²) < 4.78 is 11.1. The van der Waals surface area contributed by atoms with E-state index in [9.17, 15) is 4.79 Å². The van der Waals surface area contributed by atoms with Crippen molar-refractivity contribution in [2.45, 2.75) is 13.8 Å². The first-order valence-electron chi connectivity index (χ1n) is 9.30. The highest BCUT2D eigenvalue weighted by Gasteiger charge is 2.11. The van der Waals surface area contributed by atoms with Crippen LogP contribution in [-0.2, 0) is 4.79 Å². The van der Waals surface area contributed by atoms with Crippen molar-refractivity contribution in [3.63, 3.8) is 0 Å². The zero-order valence-electron chi connectivity index (χ0n) is 16.4. The smallest absolute Gasteiger partial charge is 0.250 e. The Bertz CT molecular complexity index is 1260. The van der Waals surface area contributed by atoms with E-state index in [1.165, 1.54) is 12.3 Å². The predicted octanol–water partition coefficient (Wildman–Crippen LogP) is 5.23. The highest BCUT2D eigenvalue weighted by Crippen LogP contribution is 2.28. The molecule has 2 aromatic carbocycles. The number of rotatable bonds is 4. The number of aromatic nitrogens is 1. The first kappa shape index (κ1) is 19.6. The minimum absolute atomic E-state index is 0.185. The van der Waals surface area contributed by atoms with Crippen LogP contribution in [-0.4, -0.2) is 16.0 Å². The zero-order chi connectivity index (χ0) is 21.1. The number of hydrogen-bond acceptors (Lipinski definition) is 5. The summed E-state index contributed by atoms with van der Waals surface area (Å²) in [5, 5.41) is 5.79. The summed E-state index contributed by atoms with van der Waals surface area (Å²) in [5.74, 6) is 0.754. The van der Waals surface area contributed by atoms with Gasteiger partial charge >= 0.3 is 0 Å². The number of nitrogens with zero attached hydrogens (tertiary/aromatic N) is 1. The van der Waals surface area contributed by atoms with Gasteiger partial charge in [0.1, 0.15) is 11.3 Å². The van der Waals surface area contributed by atoms with E-state index in [-0.39, 0.29) is 11.0 Å². The normalized spacial score (nSPS) is 11.1. The van der Waals surface area contributed by atoms with Crippen molar-refractivity contribution in [1.82, 2.24) is 10.3 Å². The Hall–Kier alpha value is -3.71. The van der Waals surface area contributed by atoms with Crippen molar-refractivity contribution in [3.05, 3.63) is 77.8 Å². The molecule has 2 aromatic heterocycles. The van der Waals surface area contributed by atoms with Crippen LogP contribution in [0, 0.1) is 13.8 Å². The molecule has 30 heavy (non-hydrogen) atoms. The molecule has 4 aromatic rings. The fourth-order valence-corrected chi connectivity index (χ4v) is 3.31. The Morgan fingerprint density at radius 3 is 2.80 bits per heavy atom. The van der Waals surface area contributed by atoms with Gasteiger partial charge in [-0.05, 0) is 79.7 Å². The van der Waals surface area contributed by atoms with Gasteiger partial charge < -0.3 is 14.2 Å². The third kappa shape index (κ3) is 4.47. The van der Waals surface area contributed by atoms with Crippen LogP contribution in [0.3, 0.4) is 0 Å². The quantitative estimate of drug-likeness (QED) is 0.350. The molecule has 4 rings (SSSR count). The van der Waals surface area contributed by atoms with Crippen molar-refractivity contribution in [2.75, 3.05) is 5.32 Å². The van der Waals surface area contributed by atoms with E-state index in [1.807, 2.05) is 44.2 Å². The first-order valence-corrected chi connectivity index (χ1v) is 9.70. The van der Waals surface area contributed by atoms with E-state index < -0.39 is 0 Å². The molecule has 0 aliphatic carbocycles. The molecule has 1 amide bonds. The van der Waals surface area contributed by atoms with Crippen LogP contribution in [0.15, 0.2) is 69.7 Å². The maximum absolute atomic E-state index is 12.0. The highest BCUT2D eigenvalue weighted by molar-refractivity contribution is 7.80. The van der Waals surface area contributed by atoms with Gasteiger partial charge in [-0.3, -0.25) is 10.1 Å². The molecule has 6 nitrogen and oxygen atoms in total. The fourth-order valence-electron chi connectivity index (χ4n) is 3.09. The number of thiocarbonyl (C=S) groups is 1. The average Bonchev–Trinajstić information content (AvgIpc) is 3.36. The molecule has 2 N–H and O–H groups in total. The van der Waals surface area contributed by atoms with Gasteiger partial charge in [-0.2, -0.15) is 0 Å². The topological polar surface area (TPSA) is 80.3 Å². The second-order valence-corrected chi connectivity index (χ2v) is 7.23. The summed E-state index contributed by atoms with van der Waals surface area (Å²) in [7, 11) is 0. The maximum Gasteiger partial charge on any atom is 0.250 e. The van der Waals surface area contributed by atoms with Crippen molar-refractivity contribution in [1.29, 1.82) is 0 Å². The molecule has 0 saturated carbocycles. The molecular formula is C23H19N3O3S. The second kappa shape index (κ2) is 8.34. The van der Waals surface area contributed by atoms with E-state index in [2.05, 4.69) is 21.7 Å². The average molecular weight is 417 g/mol. The number of aryl methyl sites for hydroxylation is 2. The molecule has 0 radical (unpaired) electrons. The van der Waals surface area contributed by atoms with E-state index in [0.717, 1.165) is 27.8 Å². The lowest BCUT2D eigenvalue weighted by molar-refractivity contribution is -0.115. The standard InChI is InChI=1S/C23H19N3O3S/c1-14-11-15(2)21-19(12-14)25-22(29-21)16-5-3-6-17(13-16)24-23(30)26-20(27)9-8-18-7-4-10-28-18/h3-13H,1-2H3,(H2,24,26,27,30)/b9-8+. The molecule has 0 atom stereocenters. The Morgan fingerprint density at radius 2 is 2.00 bits per heavy atom. The molecule has 0 saturated heterocycles. The Kier molecular flexibility index (Phi) is 5.45. The Morgan fingerprint density at radius 1 is 1.13 bits per heavy atom.